The number of benzene rings is 1. The number of hydrogen-bond acceptors (Lipinski definition) is 9. The number of carbonyl (C=O) groups is 2. The molecule has 9 nitrogen and oxygen atoms in total. The molecule has 3 atom stereocenters. The van der Waals surface area contributed by atoms with Crippen LogP contribution in [-0.2, 0) is 9.59 Å². The fourth-order valence-electron chi connectivity index (χ4n) is 5.30. The molecule has 276 valence electrons. The summed E-state index contributed by atoms with van der Waals surface area (Å²) in [6.45, 7) is 15.4. The zero-order chi connectivity index (χ0) is 36.7. The number of aromatic amines is 1. The molecule has 0 radical (unpaired) electrons. The second-order valence-corrected chi connectivity index (χ2v) is 17.6. The van der Waals surface area contributed by atoms with E-state index in [0.717, 1.165) is 59.8 Å². The van der Waals surface area contributed by atoms with Crippen LogP contribution in [0.2, 0.25) is 0 Å². The molecule has 3 aliphatic rings. The third kappa shape index (κ3) is 15.5. The van der Waals surface area contributed by atoms with Crippen molar-refractivity contribution in [1.82, 2.24) is 24.9 Å². The number of H-pyrrole nitrogens is 1. The quantitative estimate of drug-likeness (QED) is 0.120. The molecule has 4 N–H and O–H groups in total. The molecule has 2 amide bonds. The van der Waals surface area contributed by atoms with E-state index in [1.54, 1.807) is 22.1 Å². The van der Waals surface area contributed by atoms with Crippen molar-refractivity contribution in [2.75, 3.05) is 18.9 Å². The molecule has 3 heterocycles. The molecule has 12 heteroatoms. The van der Waals surface area contributed by atoms with Gasteiger partial charge in [0.1, 0.15) is 6.04 Å². The topological polar surface area (TPSA) is 119 Å². The first kappa shape index (κ1) is 41.5. The number of anilines is 1. The van der Waals surface area contributed by atoms with Crippen LogP contribution in [0.1, 0.15) is 98.5 Å². The Labute approximate surface area is 311 Å². The fourth-order valence-corrected chi connectivity index (χ4v) is 8.29. The van der Waals surface area contributed by atoms with Gasteiger partial charge in [0.05, 0.1) is 15.9 Å². The van der Waals surface area contributed by atoms with E-state index in [4.69, 9.17) is 0 Å². The van der Waals surface area contributed by atoms with Crippen LogP contribution in [0.3, 0.4) is 0 Å². The maximum Gasteiger partial charge on any atom is 0.305 e. The molecule has 0 spiro atoms. The number of carbonyl (C=O) groups excluding carboxylic acids is 2. The van der Waals surface area contributed by atoms with Gasteiger partial charge in [0.2, 0.25) is 11.8 Å². The molecule has 0 bridgehead atoms. The van der Waals surface area contributed by atoms with Gasteiger partial charge in [-0.2, -0.15) is 0 Å². The van der Waals surface area contributed by atoms with Crippen molar-refractivity contribution >= 4 is 60.8 Å². The third-order valence-corrected chi connectivity index (χ3v) is 11.7. The number of thiazole rings is 1. The number of nitrogens with one attached hydrogen (secondary N) is 4. The second-order valence-electron chi connectivity index (χ2n) is 14.3. The largest absolute Gasteiger partial charge is 0.387 e. The summed E-state index contributed by atoms with van der Waals surface area (Å²) in [7, 11) is 5.62. The van der Waals surface area contributed by atoms with Crippen LogP contribution in [0.25, 0.3) is 10.2 Å². The monoisotopic (exact) mass is 742 g/mol. The van der Waals surface area contributed by atoms with Crippen molar-refractivity contribution in [3.05, 3.63) is 69.7 Å². The molecule has 2 unspecified atom stereocenters. The van der Waals surface area contributed by atoms with Gasteiger partial charge in [-0.25, -0.2) is 0 Å². The van der Waals surface area contributed by atoms with Crippen LogP contribution in [0.15, 0.2) is 59.3 Å². The minimum absolute atomic E-state index is 0.0150. The Balaban J connectivity index is 0.000000192. The molecule has 1 aliphatic heterocycles. The lowest BCUT2D eigenvalue weighted by atomic mass is 9.91. The first-order chi connectivity index (χ1) is 23.8. The molecule has 3 fully saturated rings. The zero-order valence-corrected chi connectivity index (χ0v) is 33.6. The van der Waals surface area contributed by atoms with Crippen LogP contribution in [-0.4, -0.2) is 57.6 Å². The van der Waals surface area contributed by atoms with Crippen molar-refractivity contribution in [2.45, 2.75) is 117 Å². The van der Waals surface area contributed by atoms with Crippen molar-refractivity contribution in [1.29, 1.82) is 0 Å². The van der Waals surface area contributed by atoms with E-state index in [9.17, 15) is 14.4 Å². The molecule has 2 saturated carbocycles. The van der Waals surface area contributed by atoms with Crippen molar-refractivity contribution in [3.63, 3.8) is 0 Å². The maximum absolute atomic E-state index is 12.3. The molecule has 6 rings (SSSR count). The third-order valence-electron chi connectivity index (χ3n) is 8.24. The predicted octanol–water partition coefficient (Wildman–Crippen LogP) is 8.70. The first-order valence-corrected chi connectivity index (χ1v) is 20.9. The number of hydrogen-bond donors (Lipinski definition) is 4. The van der Waals surface area contributed by atoms with E-state index in [0.29, 0.717) is 18.4 Å². The highest BCUT2D eigenvalue weighted by Gasteiger charge is 2.41. The summed E-state index contributed by atoms with van der Waals surface area (Å²) in [6.07, 6.45) is 14.3. The SMILES string of the molecule is CC/C=C(\C)NSSC1CC1.CC[C@@H]1CC1NC(=O)C1CCCN1C(=O)CC(C)(C)C.CNc1cncc(C)c1.O=c1[nH]c2ccccc2s1. The van der Waals surface area contributed by atoms with Gasteiger partial charge in [-0.05, 0) is 87.5 Å². The number of aryl methyl sites for hydroxylation is 1. The van der Waals surface area contributed by atoms with Crippen LogP contribution in [0.5, 0.6) is 0 Å². The lowest BCUT2D eigenvalue weighted by Gasteiger charge is -2.27. The summed E-state index contributed by atoms with van der Waals surface area (Å²) in [5, 5.41) is 7.05. The molecule has 3 aromatic rings. The number of rotatable bonds is 10. The van der Waals surface area contributed by atoms with Gasteiger partial charge < -0.3 is 25.2 Å². The van der Waals surface area contributed by atoms with E-state index in [2.05, 4.69) is 72.9 Å². The number of likely N-dealkylation sites (tertiary alicyclic amines) is 1. The molecular weight excluding hydrogens is 685 g/mol. The summed E-state index contributed by atoms with van der Waals surface area (Å²) >= 11 is 1.24. The van der Waals surface area contributed by atoms with Crippen molar-refractivity contribution in [2.24, 2.45) is 11.3 Å². The Hall–Kier alpha value is -2.96. The Morgan fingerprint density at radius 3 is 2.46 bits per heavy atom. The van der Waals surface area contributed by atoms with Crippen molar-refractivity contribution in [3.8, 4) is 0 Å². The van der Waals surface area contributed by atoms with Gasteiger partial charge in [0.25, 0.3) is 0 Å². The Morgan fingerprint density at radius 2 is 1.88 bits per heavy atom. The lowest BCUT2D eigenvalue weighted by Crippen LogP contribution is -2.47. The highest BCUT2D eigenvalue weighted by molar-refractivity contribution is 8.76. The van der Waals surface area contributed by atoms with Gasteiger partial charge in [-0.15, -0.1) is 0 Å². The molecule has 50 heavy (non-hydrogen) atoms. The predicted molar refractivity (Wildman–Crippen MR) is 215 cm³/mol. The smallest absolute Gasteiger partial charge is 0.305 e. The summed E-state index contributed by atoms with van der Waals surface area (Å²) in [5.74, 6) is 0.836. The van der Waals surface area contributed by atoms with Crippen LogP contribution >= 0.6 is 33.1 Å². The zero-order valence-electron chi connectivity index (χ0n) is 31.1. The molecule has 2 aromatic heterocycles. The Kier molecular flexibility index (Phi) is 17.2. The van der Waals surface area contributed by atoms with Crippen molar-refractivity contribution < 1.29 is 9.59 Å². The lowest BCUT2D eigenvalue weighted by molar-refractivity contribution is -0.139. The van der Waals surface area contributed by atoms with Gasteiger partial charge in [0.15, 0.2) is 0 Å². The molecular formula is C38H58N6O3S3. The number of pyridine rings is 1. The van der Waals surface area contributed by atoms with E-state index < -0.39 is 0 Å². The van der Waals surface area contributed by atoms with E-state index in [-0.39, 0.29) is 28.1 Å². The van der Waals surface area contributed by atoms with Crippen LogP contribution in [0.4, 0.5) is 5.69 Å². The van der Waals surface area contributed by atoms with Crippen LogP contribution in [0, 0.1) is 18.3 Å². The van der Waals surface area contributed by atoms with E-state index in [1.807, 2.05) is 61.3 Å². The summed E-state index contributed by atoms with van der Waals surface area (Å²) in [6, 6.07) is 9.82. The Morgan fingerprint density at radius 1 is 1.14 bits per heavy atom. The average molecular weight is 743 g/mol. The average Bonchev–Trinajstić information content (AvgIpc) is 3.94. The highest BCUT2D eigenvalue weighted by Crippen LogP contribution is 2.40. The number of allylic oxidation sites excluding steroid dienone is 2. The standard InChI is InChI=1S/C16H28N2O2.C8H15NS2.C7H10N2.C7H5NOS/c1-5-11-9-12(11)17-15(20)13-7-6-8-18(13)14(19)10-16(2,3)4;1-3-4-7(2)9-11-10-8-5-6-8;1-6-3-7(8-2)5-9-4-6;9-7-8-5-3-1-2-4-6(5)10-7/h11-13H,5-10H2,1-4H3,(H,17,20);4,8-9H,3,5-6H2,1-2H3;3-5,8H,1-2H3;1-4H,(H,8,9)/b;7-4+;;/t11-,12?,13?;;;/m1.../s1. The van der Waals surface area contributed by atoms with Gasteiger partial charge >= 0.3 is 4.87 Å². The van der Waals surface area contributed by atoms with E-state index >= 15 is 0 Å². The first-order valence-electron chi connectivity index (χ1n) is 17.9. The van der Waals surface area contributed by atoms with Crippen LogP contribution < -0.4 is 20.2 Å². The highest BCUT2D eigenvalue weighted by atomic mass is 33.1. The number of nitrogens with zero attached hydrogens (tertiary/aromatic N) is 2. The van der Waals surface area contributed by atoms with E-state index in [1.165, 1.54) is 35.4 Å². The molecule has 1 saturated heterocycles. The van der Waals surface area contributed by atoms with Gasteiger partial charge in [-0.1, -0.05) is 81.4 Å². The number of fused-ring (bicyclic) bond motifs is 1. The fraction of sp³-hybridized carbons (Fsp3) is 0.579. The molecule has 1 aromatic carbocycles. The number of amides is 2. The minimum Gasteiger partial charge on any atom is -0.387 e. The normalized spacial score (nSPS) is 19.6. The molecule has 2 aliphatic carbocycles. The second kappa shape index (κ2) is 20.8. The number of para-hydroxylation sites is 1. The van der Waals surface area contributed by atoms with Gasteiger partial charge in [-0.3, -0.25) is 19.4 Å². The summed E-state index contributed by atoms with van der Waals surface area (Å²) < 4.78 is 4.32. The summed E-state index contributed by atoms with van der Waals surface area (Å²) in [4.78, 5) is 44.0. The van der Waals surface area contributed by atoms with Gasteiger partial charge in [0, 0.05) is 60.4 Å². The Bertz CT molecular complexity index is 1540. The number of aromatic nitrogens is 2. The maximum atomic E-state index is 12.3. The summed E-state index contributed by atoms with van der Waals surface area (Å²) in [5.41, 5.74) is 4.44. The minimum atomic E-state index is -0.233.